The molecule has 0 bridgehead atoms. The molecule has 1 aromatic carbocycles. The number of aryl methyl sites for hydroxylation is 1. The van der Waals surface area contributed by atoms with Crippen molar-refractivity contribution >= 4 is 38.2 Å². The first-order valence-electron chi connectivity index (χ1n) is 9.17. The molecule has 0 radical (unpaired) electrons. The summed E-state index contributed by atoms with van der Waals surface area (Å²) in [5.41, 5.74) is 2.44. The van der Waals surface area contributed by atoms with Crippen molar-refractivity contribution in [2.75, 3.05) is 37.3 Å². The molecule has 0 aliphatic carbocycles. The van der Waals surface area contributed by atoms with Gasteiger partial charge < -0.3 is 4.90 Å². The average Bonchev–Trinajstić information content (AvgIpc) is 3.07. The fraction of sp³-hybridized carbons (Fsp3) is 0.400. The number of hydrogen-bond donors (Lipinski definition) is 0. The Bertz CT molecular complexity index is 962. The largest absolute Gasteiger partial charge is 0.354 e. The van der Waals surface area contributed by atoms with Crippen molar-refractivity contribution in [2.45, 2.75) is 24.8 Å². The third kappa shape index (κ3) is 3.90. The van der Waals surface area contributed by atoms with Crippen LogP contribution in [-0.4, -0.2) is 51.5 Å². The maximum absolute atomic E-state index is 11.5. The normalized spacial score (nSPS) is 18.0. The molecule has 1 aliphatic heterocycles. The highest BCUT2D eigenvalue weighted by Crippen LogP contribution is 2.28. The van der Waals surface area contributed by atoms with Crippen molar-refractivity contribution in [3.63, 3.8) is 0 Å². The summed E-state index contributed by atoms with van der Waals surface area (Å²) in [6.45, 7) is 8.23. The summed E-state index contributed by atoms with van der Waals surface area (Å²) in [6, 6.07) is 10.9. The Morgan fingerprint density at radius 3 is 2.59 bits per heavy atom. The molecule has 3 aromatic rings. The average molecular weight is 401 g/mol. The molecule has 7 heteroatoms. The Kier molecular flexibility index (Phi) is 5.25. The Morgan fingerprint density at radius 2 is 1.93 bits per heavy atom. The summed E-state index contributed by atoms with van der Waals surface area (Å²) in [6.07, 6.45) is 3.41. The fourth-order valence-corrected chi connectivity index (χ4v) is 4.87. The van der Waals surface area contributed by atoms with Crippen LogP contribution in [0.1, 0.15) is 23.5 Å². The van der Waals surface area contributed by atoms with E-state index in [0.717, 1.165) is 47.4 Å². The summed E-state index contributed by atoms with van der Waals surface area (Å²) in [4.78, 5) is 14.7. The minimum absolute atomic E-state index is 0.372. The van der Waals surface area contributed by atoms with Crippen LogP contribution < -0.4 is 4.90 Å². The first-order valence-corrected chi connectivity index (χ1v) is 11.5. The van der Waals surface area contributed by atoms with Gasteiger partial charge in [-0.15, -0.1) is 11.3 Å². The topological polar surface area (TPSA) is 49.3 Å². The third-order valence-electron chi connectivity index (χ3n) is 5.24. The van der Waals surface area contributed by atoms with Crippen LogP contribution in [0.4, 0.5) is 5.82 Å². The summed E-state index contributed by atoms with van der Waals surface area (Å²) >= 11 is 1.75. The summed E-state index contributed by atoms with van der Waals surface area (Å²) in [5, 5.41) is 1.12. The second kappa shape index (κ2) is 7.66. The molecule has 0 spiro atoms. The van der Waals surface area contributed by atoms with E-state index >= 15 is 0 Å². The predicted octanol–water partition coefficient (Wildman–Crippen LogP) is 3.62. The highest BCUT2D eigenvalue weighted by molar-refractivity contribution is 7.84. The van der Waals surface area contributed by atoms with Crippen molar-refractivity contribution in [2.24, 2.45) is 0 Å². The zero-order valence-electron chi connectivity index (χ0n) is 15.9. The number of benzene rings is 1. The van der Waals surface area contributed by atoms with Gasteiger partial charge in [-0.05, 0) is 43.7 Å². The fourth-order valence-electron chi connectivity index (χ4n) is 3.60. The number of rotatable bonds is 4. The van der Waals surface area contributed by atoms with Crippen LogP contribution in [0.25, 0.3) is 10.2 Å². The molecule has 4 rings (SSSR count). The van der Waals surface area contributed by atoms with E-state index in [1.807, 2.05) is 12.1 Å². The van der Waals surface area contributed by atoms with E-state index in [4.69, 9.17) is 0 Å². The lowest BCUT2D eigenvalue weighted by molar-refractivity contribution is 0.198. The van der Waals surface area contributed by atoms with E-state index in [0.29, 0.717) is 6.04 Å². The molecule has 2 aromatic heterocycles. The summed E-state index contributed by atoms with van der Waals surface area (Å²) in [5.74, 6) is 0.968. The Hall–Kier alpha value is -1.83. The van der Waals surface area contributed by atoms with Crippen molar-refractivity contribution in [3.8, 4) is 0 Å². The van der Waals surface area contributed by atoms with Gasteiger partial charge in [0.15, 0.2) is 0 Å². The number of hydrogen-bond acceptors (Lipinski definition) is 6. The lowest BCUT2D eigenvalue weighted by Crippen LogP contribution is -2.47. The zero-order valence-corrected chi connectivity index (χ0v) is 17.5. The van der Waals surface area contributed by atoms with Crippen molar-refractivity contribution in [3.05, 3.63) is 47.1 Å². The minimum Gasteiger partial charge on any atom is -0.354 e. The predicted molar refractivity (Wildman–Crippen MR) is 113 cm³/mol. The zero-order chi connectivity index (χ0) is 19.0. The van der Waals surface area contributed by atoms with Crippen LogP contribution in [-0.2, 0) is 10.8 Å². The Balaban J connectivity index is 1.42. The van der Waals surface area contributed by atoms with Crippen LogP contribution in [0.5, 0.6) is 0 Å². The quantitative estimate of drug-likeness (QED) is 0.669. The van der Waals surface area contributed by atoms with Gasteiger partial charge >= 0.3 is 0 Å². The van der Waals surface area contributed by atoms with Gasteiger partial charge in [-0.25, -0.2) is 9.97 Å². The van der Waals surface area contributed by atoms with E-state index in [1.54, 1.807) is 23.8 Å². The molecule has 3 heterocycles. The third-order valence-corrected chi connectivity index (χ3v) is 7.10. The summed E-state index contributed by atoms with van der Waals surface area (Å²) in [7, 11) is -0.978. The van der Waals surface area contributed by atoms with Crippen molar-refractivity contribution < 1.29 is 4.21 Å². The lowest BCUT2D eigenvalue weighted by Gasteiger charge is -2.38. The SMILES string of the molecule is Cc1nc2cc(C(C)N3CCN(c4ccc(S(C)=O)cn4)CC3)ccc2s1. The monoisotopic (exact) mass is 400 g/mol. The maximum atomic E-state index is 11.5. The van der Waals surface area contributed by atoms with E-state index in [2.05, 4.69) is 51.8 Å². The van der Waals surface area contributed by atoms with Gasteiger partial charge in [-0.1, -0.05) is 6.07 Å². The van der Waals surface area contributed by atoms with Crippen LogP contribution in [0.15, 0.2) is 41.4 Å². The highest BCUT2D eigenvalue weighted by atomic mass is 32.2. The lowest BCUT2D eigenvalue weighted by atomic mass is 10.1. The van der Waals surface area contributed by atoms with Crippen molar-refractivity contribution in [1.82, 2.24) is 14.9 Å². The molecule has 27 heavy (non-hydrogen) atoms. The van der Waals surface area contributed by atoms with Gasteiger partial charge in [0.05, 0.1) is 30.9 Å². The molecule has 1 fully saturated rings. The Labute approximate surface area is 166 Å². The van der Waals surface area contributed by atoms with E-state index in [1.165, 1.54) is 10.3 Å². The molecular formula is C20H24N4OS2. The van der Waals surface area contributed by atoms with Gasteiger partial charge in [0.2, 0.25) is 0 Å². The number of thiazole rings is 1. The van der Waals surface area contributed by atoms with Gasteiger partial charge in [0.1, 0.15) is 5.82 Å². The standard InChI is InChI=1S/C20H24N4OS2/c1-14(16-4-6-19-18(12-16)22-15(2)26-19)23-8-10-24(11-9-23)20-7-5-17(13-21-20)27(3)25/h4-7,12-14H,8-11H2,1-3H3. The van der Waals surface area contributed by atoms with Gasteiger partial charge in [0.25, 0.3) is 0 Å². The molecule has 0 N–H and O–H groups in total. The van der Waals surface area contributed by atoms with Crippen LogP contribution >= 0.6 is 11.3 Å². The van der Waals surface area contributed by atoms with Crippen LogP contribution in [0.2, 0.25) is 0 Å². The second-order valence-corrected chi connectivity index (χ2v) is 9.58. The number of nitrogens with zero attached hydrogens (tertiary/aromatic N) is 4. The highest BCUT2D eigenvalue weighted by Gasteiger charge is 2.23. The molecule has 1 saturated heterocycles. The molecule has 5 nitrogen and oxygen atoms in total. The first kappa shape index (κ1) is 18.5. The summed E-state index contributed by atoms with van der Waals surface area (Å²) < 4.78 is 12.8. The number of pyridine rings is 1. The smallest absolute Gasteiger partial charge is 0.128 e. The van der Waals surface area contributed by atoms with E-state index in [9.17, 15) is 4.21 Å². The minimum atomic E-state index is -0.978. The molecule has 2 atom stereocenters. The van der Waals surface area contributed by atoms with Crippen LogP contribution in [0.3, 0.4) is 0 Å². The van der Waals surface area contributed by atoms with Gasteiger partial charge in [-0.2, -0.15) is 0 Å². The first-order chi connectivity index (χ1) is 13.0. The number of fused-ring (bicyclic) bond motifs is 1. The molecule has 0 saturated carbocycles. The maximum Gasteiger partial charge on any atom is 0.128 e. The van der Waals surface area contributed by atoms with Gasteiger partial charge in [-0.3, -0.25) is 9.11 Å². The molecule has 1 aliphatic rings. The van der Waals surface area contributed by atoms with Gasteiger partial charge in [0, 0.05) is 44.7 Å². The second-order valence-electron chi connectivity index (χ2n) is 6.97. The van der Waals surface area contributed by atoms with Crippen molar-refractivity contribution in [1.29, 1.82) is 0 Å². The molecule has 2 unspecified atom stereocenters. The number of anilines is 1. The molecule has 0 amide bonds. The molecular weight excluding hydrogens is 376 g/mol. The van der Waals surface area contributed by atoms with E-state index < -0.39 is 10.8 Å². The van der Waals surface area contributed by atoms with E-state index in [-0.39, 0.29) is 0 Å². The molecule has 142 valence electrons. The van der Waals surface area contributed by atoms with Crippen LogP contribution in [0, 0.1) is 6.92 Å². The number of piperazine rings is 1. The number of aromatic nitrogens is 2. The Morgan fingerprint density at radius 1 is 1.15 bits per heavy atom.